The summed E-state index contributed by atoms with van der Waals surface area (Å²) in [5.41, 5.74) is 1.09. The van der Waals surface area contributed by atoms with Crippen molar-refractivity contribution in [2.75, 3.05) is 18.8 Å². The number of hydrogen-bond donors (Lipinski definition) is 0. The van der Waals surface area contributed by atoms with E-state index in [4.69, 9.17) is 0 Å². The van der Waals surface area contributed by atoms with Gasteiger partial charge in [-0.15, -0.1) is 0 Å². The Morgan fingerprint density at radius 2 is 1.68 bits per heavy atom. The highest BCUT2D eigenvalue weighted by atomic mass is 32.2. The standard InChI is InChI=1S/C15H23NO2S/c1-13-6-8-15(9-7-13)19(17,18)12-14(2)16-10-4-3-5-11-16/h6-9,14H,3-5,10-12H2,1-2H3. The molecule has 1 atom stereocenters. The number of nitrogens with zero attached hydrogens (tertiary/aromatic N) is 1. The van der Waals surface area contributed by atoms with Gasteiger partial charge in [-0.2, -0.15) is 0 Å². The lowest BCUT2D eigenvalue weighted by atomic mass is 10.1. The number of likely N-dealkylation sites (tertiary alicyclic amines) is 1. The van der Waals surface area contributed by atoms with Crippen LogP contribution >= 0.6 is 0 Å². The van der Waals surface area contributed by atoms with E-state index in [-0.39, 0.29) is 11.8 Å². The number of rotatable bonds is 4. The van der Waals surface area contributed by atoms with Crippen molar-refractivity contribution in [3.8, 4) is 0 Å². The van der Waals surface area contributed by atoms with Crippen molar-refractivity contribution < 1.29 is 8.42 Å². The smallest absolute Gasteiger partial charge is 0.179 e. The summed E-state index contributed by atoms with van der Waals surface area (Å²) < 4.78 is 24.7. The van der Waals surface area contributed by atoms with Gasteiger partial charge in [0.15, 0.2) is 9.84 Å². The van der Waals surface area contributed by atoms with Crippen LogP contribution < -0.4 is 0 Å². The molecule has 1 aliphatic heterocycles. The second-order valence-corrected chi connectivity index (χ2v) is 7.57. The van der Waals surface area contributed by atoms with E-state index < -0.39 is 9.84 Å². The van der Waals surface area contributed by atoms with Crippen molar-refractivity contribution in [3.63, 3.8) is 0 Å². The molecule has 0 spiro atoms. The predicted molar refractivity (Wildman–Crippen MR) is 78.1 cm³/mol. The van der Waals surface area contributed by atoms with Gasteiger partial charge in [0.2, 0.25) is 0 Å². The van der Waals surface area contributed by atoms with Gasteiger partial charge in [-0.3, -0.25) is 4.90 Å². The maximum Gasteiger partial charge on any atom is 0.179 e. The van der Waals surface area contributed by atoms with Gasteiger partial charge in [-0.05, 0) is 51.9 Å². The minimum Gasteiger partial charge on any atom is -0.300 e. The number of hydrogen-bond acceptors (Lipinski definition) is 3. The Morgan fingerprint density at radius 3 is 2.26 bits per heavy atom. The monoisotopic (exact) mass is 281 g/mol. The molecule has 4 heteroatoms. The highest BCUT2D eigenvalue weighted by molar-refractivity contribution is 7.91. The first kappa shape index (κ1) is 14.5. The zero-order valence-corrected chi connectivity index (χ0v) is 12.6. The van der Waals surface area contributed by atoms with Crippen LogP contribution in [0.2, 0.25) is 0 Å². The van der Waals surface area contributed by atoms with Crippen LogP contribution in [0.5, 0.6) is 0 Å². The van der Waals surface area contributed by atoms with Crippen LogP contribution in [-0.2, 0) is 9.84 Å². The molecule has 0 bridgehead atoms. The predicted octanol–water partition coefficient (Wildman–Crippen LogP) is 2.64. The average Bonchev–Trinajstić information content (AvgIpc) is 2.40. The fraction of sp³-hybridized carbons (Fsp3) is 0.600. The van der Waals surface area contributed by atoms with Crippen molar-refractivity contribution >= 4 is 9.84 Å². The van der Waals surface area contributed by atoms with E-state index in [2.05, 4.69) is 4.90 Å². The van der Waals surface area contributed by atoms with Crippen LogP contribution in [0.1, 0.15) is 31.7 Å². The van der Waals surface area contributed by atoms with Crippen molar-refractivity contribution in [1.82, 2.24) is 4.90 Å². The number of aryl methyl sites for hydroxylation is 1. The van der Waals surface area contributed by atoms with Crippen LogP contribution in [0, 0.1) is 6.92 Å². The fourth-order valence-corrected chi connectivity index (χ4v) is 4.21. The molecule has 0 aliphatic carbocycles. The first-order valence-corrected chi connectivity index (χ1v) is 8.68. The Kier molecular flexibility index (Phi) is 4.63. The Balaban J connectivity index is 2.05. The van der Waals surface area contributed by atoms with Gasteiger partial charge in [-0.25, -0.2) is 8.42 Å². The van der Waals surface area contributed by atoms with Gasteiger partial charge in [0.05, 0.1) is 10.6 Å². The van der Waals surface area contributed by atoms with E-state index in [0.717, 1.165) is 18.7 Å². The molecule has 1 saturated heterocycles. The summed E-state index contributed by atoms with van der Waals surface area (Å²) in [7, 11) is -3.17. The molecule has 1 aromatic carbocycles. The first-order chi connectivity index (χ1) is 8.99. The van der Waals surface area contributed by atoms with Crippen molar-refractivity contribution in [2.45, 2.75) is 44.0 Å². The second-order valence-electron chi connectivity index (χ2n) is 5.54. The summed E-state index contributed by atoms with van der Waals surface area (Å²) in [6.45, 7) is 6.05. The van der Waals surface area contributed by atoms with E-state index in [1.165, 1.54) is 19.3 Å². The molecule has 0 amide bonds. The third-order valence-electron chi connectivity index (χ3n) is 3.85. The van der Waals surface area contributed by atoms with Gasteiger partial charge in [0.1, 0.15) is 0 Å². The molecule has 106 valence electrons. The van der Waals surface area contributed by atoms with E-state index in [0.29, 0.717) is 4.90 Å². The number of piperidine rings is 1. The average molecular weight is 281 g/mol. The number of sulfone groups is 1. The summed E-state index contributed by atoms with van der Waals surface area (Å²) in [5, 5.41) is 0. The molecule has 1 aromatic rings. The molecule has 1 heterocycles. The molecule has 0 N–H and O–H groups in total. The zero-order valence-electron chi connectivity index (χ0n) is 11.8. The largest absolute Gasteiger partial charge is 0.300 e. The minimum absolute atomic E-state index is 0.103. The molecule has 2 rings (SSSR count). The Hall–Kier alpha value is -0.870. The molecule has 0 aromatic heterocycles. The summed E-state index contributed by atoms with van der Waals surface area (Å²) in [4.78, 5) is 2.75. The molecule has 0 saturated carbocycles. The molecule has 19 heavy (non-hydrogen) atoms. The van der Waals surface area contributed by atoms with Crippen molar-refractivity contribution in [2.24, 2.45) is 0 Å². The Bertz CT molecular complexity index is 501. The van der Waals surface area contributed by atoms with Gasteiger partial charge < -0.3 is 0 Å². The van der Waals surface area contributed by atoms with E-state index in [9.17, 15) is 8.42 Å². The van der Waals surface area contributed by atoms with Gasteiger partial charge >= 0.3 is 0 Å². The summed E-state index contributed by atoms with van der Waals surface area (Å²) in [5.74, 6) is 0.218. The molecule has 1 fully saturated rings. The maximum absolute atomic E-state index is 12.4. The Labute approximate surface area is 116 Å². The minimum atomic E-state index is -3.17. The van der Waals surface area contributed by atoms with Crippen LogP contribution in [0.4, 0.5) is 0 Å². The van der Waals surface area contributed by atoms with Gasteiger partial charge in [0.25, 0.3) is 0 Å². The lowest BCUT2D eigenvalue weighted by molar-refractivity contribution is 0.186. The SMILES string of the molecule is Cc1ccc(S(=O)(=O)CC(C)N2CCCCC2)cc1. The van der Waals surface area contributed by atoms with Gasteiger partial charge in [-0.1, -0.05) is 24.1 Å². The highest BCUT2D eigenvalue weighted by Crippen LogP contribution is 2.17. The van der Waals surface area contributed by atoms with Crippen LogP contribution in [0.3, 0.4) is 0 Å². The van der Waals surface area contributed by atoms with Crippen LogP contribution in [-0.4, -0.2) is 38.2 Å². The summed E-state index contributed by atoms with van der Waals surface area (Å²) in [6, 6.07) is 7.25. The van der Waals surface area contributed by atoms with E-state index in [1.54, 1.807) is 12.1 Å². The maximum atomic E-state index is 12.4. The van der Waals surface area contributed by atoms with Crippen LogP contribution in [0.25, 0.3) is 0 Å². The molecule has 3 nitrogen and oxygen atoms in total. The fourth-order valence-electron chi connectivity index (χ4n) is 2.62. The molecular weight excluding hydrogens is 258 g/mol. The highest BCUT2D eigenvalue weighted by Gasteiger charge is 2.23. The zero-order chi connectivity index (χ0) is 13.9. The third kappa shape index (κ3) is 3.80. The lowest BCUT2D eigenvalue weighted by Gasteiger charge is -2.32. The van der Waals surface area contributed by atoms with Crippen molar-refractivity contribution in [1.29, 1.82) is 0 Å². The second kappa shape index (κ2) is 6.06. The van der Waals surface area contributed by atoms with Crippen molar-refractivity contribution in [3.05, 3.63) is 29.8 Å². The first-order valence-electron chi connectivity index (χ1n) is 7.02. The molecule has 1 unspecified atom stereocenters. The van der Waals surface area contributed by atoms with E-state index in [1.807, 2.05) is 26.0 Å². The molecular formula is C15H23NO2S. The van der Waals surface area contributed by atoms with E-state index >= 15 is 0 Å². The summed E-state index contributed by atoms with van der Waals surface area (Å²) >= 11 is 0. The third-order valence-corrected chi connectivity index (χ3v) is 5.77. The normalized spacial score (nSPS) is 19.3. The topological polar surface area (TPSA) is 37.4 Å². The number of benzene rings is 1. The Morgan fingerprint density at radius 1 is 1.11 bits per heavy atom. The lowest BCUT2D eigenvalue weighted by Crippen LogP contribution is -2.41. The van der Waals surface area contributed by atoms with Crippen LogP contribution in [0.15, 0.2) is 29.2 Å². The molecule has 1 aliphatic rings. The summed E-state index contributed by atoms with van der Waals surface area (Å²) in [6.07, 6.45) is 3.65. The van der Waals surface area contributed by atoms with Gasteiger partial charge in [0, 0.05) is 6.04 Å². The quantitative estimate of drug-likeness (QED) is 0.851. The molecule has 0 radical (unpaired) electrons.